The van der Waals surface area contributed by atoms with Gasteiger partial charge in [0.05, 0.1) is 0 Å². The molecule has 6 heteroatoms. The Morgan fingerprint density at radius 1 is 1.50 bits per heavy atom. The number of aromatic carboxylic acids is 1. The second-order valence-electron chi connectivity index (χ2n) is 4.14. The second kappa shape index (κ2) is 6.58. The van der Waals surface area contributed by atoms with Crippen molar-refractivity contribution in [3.05, 3.63) is 24.0 Å². The van der Waals surface area contributed by atoms with Gasteiger partial charge in [-0.2, -0.15) is 0 Å². The van der Waals surface area contributed by atoms with Gasteiger partial charge in [0, 0.05) is 12.7 Å². The van der Waals surface area contributed by atoms with Crippen molar-refractivity contribution >= 4 is 11.9 Å². The van der Waals surface area contributed by atoms with E-state index in [1.165, 1.54) is 12.3 Å². The predicted molar refractivity (Wildman–Crippen MR) is 64.5 cm³/mol. The van der Waals surface area contributed by atoms with Crippen molar-refractivity contribution in [3.63, 3.8) is 0 Å². The number of carbonyl (C=O) groups excluding carboxylic acids is 1. The molecule has 2 N–H and O–H groups in total. The Labute approximate surface area is 105 Å². The molecule has 0 saturated heterocycles. The highest BCUT2D eigenvalue weighted by Crippen LogP contribution is 2.14. The van der Waals surface area contributed by atoms with Crippen LogP contribution < -0.4 is 10.1 Å². The van der Waals surface area contributed by atoms with E-state index in [2.05, 4.69) is 10.3 Å². The fourth-order valence-corrected chi connectivity index (χ4v) is 1.18. The minimum atomic E-state index is -1.19. The summed E-state index contributed by atoms with van der Waals surface area (Å²) in [5, 5.41) is 11.5. The minimum absolute atomic E-state index is 0.0877. The number of nitrogens with one attached hydrogen (secondary N) is 1. The van der Waals surface area contributed by atoms with Crippen LogP contribution in [0.25, 0.3) is 0 Å². The molecular weight excluding hydrogens is 236 g/mol. The molecule has 0 aliphatic heterocycles. The minimum Gasteiger partial charge on any atom is -0.481 e. The highest BCUT2D eigenvalue weighted by Gasteiger charge is 2.13. The van der Waals surface area contributed by atoms with E-state index < -0.39 is 5.97 Å². The van der Waals surface area contributed by atoms with Crippen molar-refractivity contribution in [1.82, 2.24) is 10.3 Å². The number of amides is 1. The summed E-state index contributed by atoms with van der Waals surface area (Å²) in [4.78, 5) is 25.9. The van der Waals surface area contributed by atoms with Crippen LogP contribution in [0.4, 0.5) is 0 Å². The highest BCUT2D eigenvalue weighted by atomic mass is 16.5. The number of pyridine rings is 1. The number of aromatic nitrogens is 1. The molecule has 1 rings (SSSR count). The Bertz CT molecular complexity index is 432. The summed E-state index contributed by atoms with van der Waals surface area (Å²) in [6.45, 7) is 4.29. The molecule has 0 aliphatic carbocycles. The van der Waals surface area contributed by atoms with E-state index in [-0.39, 0.29) is 24.0 Å². The van der Waals surface area contributed by atoms with E-state index in [0.29, 0.717) is 12.5 Å². The first kappa shape index (κ1) is 14.0. The number of carbonyl (C=O) groups is 2. The van der Waals surface area contributed by atoms with E-state index >= 15 is 0 Å². The molecule has 0 fully saturated rings. The molecule has 6 nitrogen and oxygen atoms in total. The van der Waals surface area contributed by atoms with Gasteiger partial charge >= 0.3 is 5.97 Å². The monoisotopic (exact) mass is 252 g/mol. The number of carboxylic acids is 1. The molecule has 0 radical (unpaired) electrons. The summed E-state index contributed by atoms with van der Waals surface area (Å²) >= 11 is 0. The number of hydrogen-bond donors (Lipinski definition) is 2. The summed E-state index contributed by atoms with van der Waals surface area (Å²) in [5.74, 6) is -1.04. The van der Waals surface area contributed by atoms with Gasteiger partial charge in [-0.1, -0.05) is 13.8 Å². The van der Waals surface area contributed by atoms with E-state index in [4.69, 9.17) is 9.84 Å². The molecule has 0 bridgehead atoms. The standard InChI is InChI=1S/C12H16N2O4/c1-8(2)6-14-10(15)7-18-9-4-3-5-13-11(9)12(16)17/h3-5,8H,6-7H2,1-2H3,(H,14,15)(H,16,17). The van der Waals surface area contributed by atoms with Crippen LogP contribution in [0.5, 0.6) is 5.75 Å². The molecule has 1 heterocycles. The van der Waals surface area contributed by atoms with Crippen LogP contribution >= 0.6 is 0 Å². The van der Waals surface area contributed by atoms with Crippen molar-refractivity contribution in [2.75, 3.05) is 13.2 Å². The first-order valence-electron chi connectivity index (χ1n) is 5.58. The van der Waals surface area contributed by atoms with Crippen molar-refractivity contribution in [1.29, 1.82) is 0 Å². The molecule has 0 spiro atoms. The third-order valence-corrected chi connectivity index (χ3v) is 2.04. The third kappa shape index (κ3) is 4.40. The molecule has 18 heavy (non-hydrogen) atoms. The molecule has 1 aromatic rings. The van der Waals surface area contributed by atoms with E-state index in [0.717, 1.165) is 0 Å². The van der Waals surface area contributed by atoms with Crippen LogP contribution in [0, 0.1) is 5.92 Å². The topological polar surface area (TPSA) is 88.5 Å². The maximum absolute atomic E-state index is 11.4. The summed E-state index contributed by atoms with van der Waals surface area (Å²) in [7, 11) is 0. The van der Waals surface area contributed by atoms with Gasteiger partial charge in [-0.25, -0.2) is 9.78 Å². The summed E-state index contributed by atoms with van der Waals surface area (Å²) in [6.07, 6.45) is 1.36. The quantitative estimate of drug-likeness (QED) is 0.786. The van der Waals surface area contributed by atoms with E-state index in [1.54, 1.807) is 6.07 Å². The molecule has 1 aromatic heterocycles. The molecule has 0 unspecified atom stereocenters. The lowest BCUT2D eigenvalue weighted by Gasteiger charge is -2.10. The van der Waals surface area contributed by atoms with Crippen LogP contribution in [0.3, 0.4) is 0 Å². The molecule has 98 valence electrons. The Morgan fingerprint density at radius 3 is 2.83 bits per heavy atom. The predicted octanol–water partition coefficient (Wildman–Crippen LogP) is 0.931. The van der Waals surface area contributed by atoms with Gasteiger partial charge in [0.1, 0.15) is 0 Å². The number of nitrogens with zero attached hydrogens (tertiary/aromatic N) is 1. The van der Waals surface area contributed by atoms with Gasteiger partial charge in [0.15, 0.2) is 18.1 Å². The molecule has 0 aromatic carbocycles. The lowest BCUT2D eigenvalue weighted by Crippen LogP contribution is -2.32. The average molecular weight is 252 g/mol. The smallest absolute Gasteiger partial charge is 0.358 e. The fourth-order valence-electron chi connectivity index (χ4n) is 1.18. The van der Waals surface area contributed by atoms with Crippen molar-refractivity contribution < 1.29 is 19.4 Å². The van der Waals surface area contributed by atoms with Gasteiger partial charge in [-0.15, -0.1) is 0 Å². The van der Waals surface area contributed by atoms with Crippen molar-refractivity contribution in [3.8, 4) is 5.75 Å². The van der Waals surface area contributed by atoms with Crippen LogP contribution in [0.15, 0.2) is 18.3 Å². The first-order valence-corrected chi connectivity index (χ1v) is 5.58. The molecule has 1 amide bonds. The number of carboxylic acid groups (broad SMARTS) is 1. The SMILES string of the molecule is CC(C)CNC(=O)COc1cccnc1C(=O)O. The Balaban J connectivity index is 2.53. The normalized spacial score (nSPS) is 10.2. The Morgan fingerprint density at radius 2 is 2.22 bits per heavy atom. The maximum atomic E-state index is 11.4. The molecule has 0 aliphatic rings. The Hall–Kier alpha value is -2.11. The van der Waals surface area contributed by atoms with Crippen LogP contribution in [-0.4, -0.2) is 35.1 Å². The largest absolute Gasteiger partial charge is 0.481 e. The zero-order valence-electron chi connectivity index (χ0n) is 10.3. The zero-order chi connectivity index (χ0) is 13.5. The zero-order valence-corrected chi connectivity index (χ0v) is 10.3. The summed E-state index contributed by atoms with van der Waals surface area (Å²) < 4.78 is 5.14. The number of ether oxygens (including phenoxy) is 1. The summed E-state index contributed by atoms with van der Waals surface area (Å²) in [6, 6.07) is 3.01. The van der Waals surface area contributed by atoms with E-state index in [1.807, 2.05) is 13.8 Å². The third-order valence-electron chi connectivity index (χ3n) is 2.04. The van der Waals surface area contributed by atoms with Gasteiger partial charge in [-0.05, 0) is 18.1 Å². The number of hydrogen-bond acceptors (Lipinski definition) is 4. The van der Waals surface area contributed by atoms with Crippen molar-refractivity contribution in [2.45, 2.75) is 13.8 Å². The molecule has 0 saturated carbocycles. The average Bonchev–Trinajstić information content (AvgIpc) is 2.34. The van der Waals surface area contributed by atoms with Crippen LogP contribution in [0.1, 0.15) is 24.3 Å². The fraction of sp³-hybridized carbons (Fsp3) is 0.417. The molecule has 0 atom stereocenters. The van der Waals surface area contributed by atoms with Gasteiger partial charge in [0.2, 0.25) is 0 Å². The van der Waals surface area contributed by atoms with Crippen molar-refractivity contribution in [2.24, 2.45) is 5.92 Å². The van der Waals surface area contributed by atoms with Gasteiger partial charge in [-0.3, -0.25) is 4.79 Å². The second-order valence-corrected chi connectivity index (χ2v) is 4.14. The van der Waals surface area contributed by atoms with E-state index in [9.17, 15) is 9.59 Å². The van der Waals surface area contributed by atoms with Gasteiger partial charge < -0.3 is 15.2 Å². The Kier molecular flexibility index (Phi) is 5.10. The highest BCUT2D eigenvalue weighted by molar-refractivity contribution is 5.88. The lowest BCUT2D eigenvalue weighted by atomic mass is 10.2. The number of rotatable bonds is 6. The van der Waals surface area contributed by atoms with Gasteiger partial charge in [0.25, 0.3) is 5.91 Å². The van der Waals surface area contributed by atoms with Crippen LogP contribution in [-0.2, 0) is 4.79 Å². The lowest BCUT2D eigenvalue weighted by molar-refractivity contribution is -0.123. The first-order chi connectivity index (χ1) is 8.50. The summed E-state index contributed by atoms with van der Waals surface area (Å²) in [5.41, 5.74) is -0.200. The molecular formula is C12H16N2O4. The maximum Gasteiger partial charge on any atom is 0.358 e. The van der Waals surface area contributed by atoms with Crippen LogP contribution in [0.2, 0.25) is 0 Å².